The van der Waals surface area contributed by atoms with E-state index in [9.17, 15) is 18.0 Å². The molecule has 0 fully saturated rings. The van der Waals surface area contributed by atoms with Crippen molar-refractivity contribution in [2.75, 3.05) is 7.11 Å². The normalized spacial score (nSPS) is 14.1. The van der Waals surface area contributed by atoms with E-state index in [1.807, 2.05) is 0 Å². The highest BCUT2D eigenvalue weighted by molar-refractivity contribution is 7.89. The fourth-order valence-corrected chi connectivity index (χ4v) is 3.23. The maximum absolute atomic E-state index is 12.4. The number of esters is 2. The summed E-state index contributed by atoms with van der Waals surface area (Å²) in [6.45, 7) is 4.65. The van der Waals surface area contributed by atoms with E-state index in [1.165, 1.54) is 31.2 Å². The van der Waals surface area contributed by atoms with Crippen LogP contribution in [0.3, 0.4) is 0 Å². The number of carbonyl (C=O) groups is 2. The highest BCUT2D eigenvalue weighted by Gasteiger charge is 2.32. The van der Waals surface area contributed by atoms with Crippen molar-refractivity contribution in [2.45, 2.75) is 37.8 Å². The minimum atomic E-state index is -3.95. The number of benzene rings is 1. The summed E-state index contributed by atoms with van der Waals surface area (Å²) < 4.78 is 36.5. The summed E-state index contributed by atoms with van der Waals surface area (Å²) in [6.07, 6.45) is -1.14. The molecule has 0 aromatic heterocycles. The van der Waals surface area contributed by atoms with E-state index in [-0.39, 0.29) is 4.90 Å². The summed E-state index contributed by atoms with van der Waals surface area (Å²) in [7, 11) is -2.79. The van der Waals surface area contributed by atoms with Gasteiger partial charge >= 0.3 is 11.9 Å². The number of methoxy groups -OCH3 is 1. The molecule has 0 amide bonds. The summed E-state index contributed by atoms with van der Waals surface area (Å²) in [6, 6.07) is 4.35. The Morgan fingerprint density at radius 2 is 1.62 bits per heavy atom. The van der Waals surface area contributed by atoms with Gasteiger partial charge in [0.2, 0.25) is 10.0 Å². The Labute approximate surface area is 146 Å². The molecule has 1 N–H and O–H groups in total. The van der Waals surface area contributed by atoms with E-state index < -0.39 is 40.0 Å². The lowest BCUT2D eigenvalue weighted by Crippen LogP contribution is -2.46. The number of halogens is 1. The van der Waals surface area contributed by atoms with Crippen LogP contribution in [0.1, 0.15) is 20.8 Å². The summed E-state index contributed by atoms with van der Waals surface area (Å²) in [5.41, 5.74) is 0. The zero-order valence-electron chi connectivity index (χ0n) is 13.8. The molecule has 1 rings (SSSR count). The van der Waals surface area contributed by atoms with Crippen molar-refractivity contribution in [3.05, 3.63) is 29.3 Å². The number of hydrogen-bond donors (Lipinski definition) is 1. The van der Waals surface area contributed by atoms with E-state index >= 15 is 0 Å². The molecule has 0 saturated heterocycles. The molecule has 0 aliphatic rings. The summed E-state index contributed by atoms with van der Waals surface area (Å²) >= 11 is 5.74. The lowest BCUT2D eigenvalue weighted by atomic mass is 10.1. The van der Waals surface area contributed by atoms with Gasteiger partial charge in [0, 0.05) is 5.02 Å². The van der Waals surface area contributed by atoms with Crippen molar-refractivity contribution < 1.29 is 27.5 Å². The third kappa shape index (κ3) is 5.47. The first kappa shape index (κ1) is 20.4. The third-order valence-electron chi connectivity index (χ3n) is 3.15. The van der Waals surface area contributed by atoms with Crippen LogP contribution in [0.15, 0.2) is 29.2 Å². The maximum Gasteiger partial charge on any atom is 0.346 e. The zero-order chi connectivity index (χ0) is 18.5. The van der Waals surface area contributed by atoms with Crippen LogP contribution in [0, 0.1) is 5.92 Å². The van der Waals surface area contributed by atoms with Gasteiger partial charge in [0.15, 0.2) is 6.10 Å². The molecule has 7 nitrogen and oxygen atoms in total. The second-order valence-corrected chi connectivity index (χ2v) is 7.55. The van der Waals surface area contributed by atoms with Gasteiger partial charge in [-0.25, -0.2) is 13.2 Å². The van der Waals surface area contributed by atoms with E-state index in [0.29, 0.717) is 5.02 Å². The highest BCUT2D eigenvalue weighted by atomic mass is 35.5. The van der Waals surface area contributed by atoms with Crippen molar-refractivity contribution in [1.82, 2.24) is 4.72 Å². The SMILES string of the molecule is COC(=O)C(C)OC(=O)C(NS(=O)(=O)c1ccc(Cl)cc1)C(C)C. The summed E-state index contributed by atoms with van der Waals surface area (Å²) in [5, 5.41) is 0.390. The minimum Gasteiger partial charge on any atom is -0.466 e. The van der Waals surface area contributed by atoms with Crippen LogP contribution in [0.5, 0.6) is 0 Å². The molecule has 24 heavy (non-hydrogen) atoms. The number of ether oxygens (including phenoxy) is 2. The number of rotatable bonds is 7. The first-order chi connectivity index (χ1) is 11.1. The second-order valence-electron chi connectivity index (χ2n) is 5.40. The predicted octanol–water partition coefficient (Wildman–Crippen LogP) is 1.75. The average Bonchev–Trinajstić information content (AvgIpc) is 2.51. The minimum absolute atomic E-state index is 0.0358. The molecule has 0 bridgehead atoms. The molecular formula is C15H20ClNO6S. The van der Waals surface area contributed by atoms with E-state index in [2.05, 4.69) is 9.46 Å². The quantitative estimate of drug-likeness (QED) is 0.727. The van der Waals surface area contributed by atoms with Gasteiger partial charge in [-0.05, 0) is 37.1 Å². The van der Waals surface area contributed by atoms with Gasteiger partial charge in [0.1, 0.15) is 6.04 Å². The number of hydrogen-bond acceptors (Lipinski definition) is 6. The molecule has 2 atom stereocenters. The first-order valence-corrected chi connectivity index (χ1v) is 9.00. The van der Waals surface area contributed by atoms with Gasteiger partial charge in [-0.3, -0.25) is 4.79 Å². The molecule has 0 saturated carbocycles. The lowest BCUT2D eigenvalue weighted by molar-refractivity contribution is -0.166. The molecule has 0 aliphatic carbocycles. The highest BCUT2D eigenvalue weighted by Crippen LogP contribution is 2.16. The number of sulfonamides is 1. The molecular weight excluding hydrogens is 358 g/mol. The van der Waals surface area contributed by atoms with Crippen molar-refractivity contribution >= 4 is 33.6 Å². The molecule has 0 aliphatic heterocycles. The van der Waals surface area contributed by atoms with E-state index in [1.54, 1.807) is 13.8 Å². The molecule has 1 aromatic rings. The fraction of sp³-hybridized carbons (Fsp3) is 0.467. The Balaban J connectivity index is 2.94. The molecule has 134 valence electrons. The standard InChI is InChI=1S/C15H20ClNO6S/c1-9(2)13(15(19)23-10(3)14(18)22-4)17-24(20,21)12-7-5-11(16)6-8-12/h5-10,13,17H,1-4H3. The van der Waals surface area contributed by atoms with Crippen LogP contribution < -0.4 is 4.72 Å². The molecule has 2 unspecified atom stereocenters. The molecule has 0 spiro atoms. The Bertz CT molecular complexity index is 686. The molecule has 0 radical (unpaired) electrons. The van der Waals surface area contributed by atoms with Gasteiger partial charge in [0.05, 0.1) is 12.0 Å². The van der Waals surface area contributed by atoms with E-state index in [0.717, 1.165) is 7.11 Å². The van der Waals surface area contributed by atoms with Gasteiger partial charge in [-0.2, -0.15) is 4.72 Å². The Hall–Kier alpha value is -1.64. The maximum atomic E-state index is 12.4. The number of nitrogens with one attached hydrogen (secondary N) is 1. The monoisotopic (exact) mass is 377 g/mol. The Kier molecular flexibility index (Phi) is 7.19. The van der Waals surface area contributed by atoms with Gasteiger partial charge in [-0.1, -0.05) is 25.4 Å². The van der Waals surface area contributed by atoms with Crippen LogP contribution in [0.2, 0.25) is 5.02 Å². The average molecular weight is 378 g/mol. The zero-order valence-corrected chi connectivity index (χ0v) is 15.3. The lowest BCUT2D eigenvalue weighted by Gasteiger charge is -2.22. The van der Waals surface area contributed by atoms with Crippen LogP contribution in [0.4, 0.5) is 0 Å². The van der Waals surface area contributed by atoms with Crippen LogP contribution in [-0.4, -0.2) is 39.6 Å². The number of carbonyl (C=O) groups excluding carboxylic acids is 2. The second kappa shape index (κ2) is 8.46. The topological polar surface area (TPSA) is 98.8 Å². The third-order valence-corrected chi connectivity index (χ3v) is 4.86. The van der Waals surface area contributed by atoms with Crippen LogP contribution in [-0.2, 0) is 29.1 Å². The summed E-state index contributed by atoms with van der Waals surface area (Å²) in [4.78, 5) is 23.5. The smallest absolute Gasteiger partial charge is 0.346 e. The molecule has 9 heteroatoms. The van der Waals surface area contributed by atoms with Crippen LogP contribution >= 0.6 is 11.6 Å². The Morgan fingerprint density at radius 3 is 2.08 bits per heavy atom. The van der Waals surface area contributed by atoms with Gasteiger partial charge in [0.25, 0.3) is 0 Å². The van der Waals surface area contributed by atoms with Gasteiger partial charge in [-0.15, -0.1) is 0 Å². The fourth-order valence-electron chi connectivity index (χ4n) is 1.77. The first-order valence-electron chi connectivity index (χ1n) is 7.14. The van der Waals surface area contributed by atoms with Gasteiger partial charge < -0.3 is 9.47 Å². The Morgan fingerprint density at radius 1 is 1.08 bits per heavy atom. The van der Waals surface area contributed by atoms with E-state index in [4.69, 9.17) is 16.3 Å². The summed E-state index contributed by atoms with van der Waals surface area (Å²) in [5.74, 6) is -1.99. The molecule has 1 aromatic carbocycles. The largest absolute Gasteiger partial charge is 0.466 e. The van der Waals surface area contributed by atoms with Crippen molar-refractivity contribution in [3.8, 4) is 0 Å². The van der Waals surface area contributed by atoms with Crippen molar-refractivity contribution in [2.24, 2.45) is 5.92 Å². The molecule has 0 heterocycles. The van der Waals surface area contributed by atoms with Crippen molar-refractivity contribution in [1.29, 1.82) is 0 Å². The van der Waals surface area contributed by atoms with Crippen molar-refractivity contribution in [3.63, 3.8) is 0 Å². The predicted molar refractivity (Wildman–Crippen MR) is 88.0 cm³/mol. The van der Waals surface area contributed by atoms with Crippen LogP contribution in [0.25, 0.3) is 0 Å².